The number of nitriles is 1. The van der Waals surface area contributed by atoms with Crippen LogP contribution in [0.2, 0.25) is 0 Å². The number of amides is 1. The maximum absolute atomic E-state index is 13.0. The maximum atomic E-state index is 13.0. The van der Waals surface area contributed by atoms with Gasteiger partial charge in [0, 0.05) is 24.8 Å². The fourth-order valence-electron chi connectivity index (χ4n) is 3.05. The van der Waals surface area contributed by atoms with Crippen molar-refractivity contribution in [3.8, 4) is 23.1 Å². The van der Waals surface area contributed by atoms with E-state index in [2.05, 4.69) is 10.2 Å². The number of nitrogens with zero attached hydrogens (tertiary/aromatic N) is 3. The minimum Gasteiger partial charge on any atom is -0.481 e. The fourth-order valence-corrected chi connectivity index (χ4v) is 3.05. The Hall–Kier alpha value is -3.66. The third-order valence-electron chi connectivity index (χ3n) is 4.73. The number of likely N-dealkylation sites (N-methyl/N-ethyl adjacent to an activating group) is 1. The van der Waals surface area contributed by atoms with Crippen LogP contribution in [-0.4, -0.2) is 40.7 Å². The summed E-state index contributed by atoms with van der Waals surface area (Å²) < 4.78 is 18.7. The van der Waals surface area contributed by atoms with Crippen molar-refractivity contribution in [3.05, 3.63) is 71.7 Å². The van der Waals surface area contributed by atoms with Crippen molar-refractivity contribution in [1.29, 1.82) is 5.26 Å². The van der Waals surface area contributed by atoms with Gasteiger partial charge in [0.25, 0.3) is 5.91 Å². The van der Waals surface area contributed by atoms with E-state index in [4.69, 9.17) is 10.00 Å². The summed E-state index contributed by atoms with van der Waals surface area (Å²) in [5.41, 5.74) is 3.11. The predicted octanol–water partition coefficient (Wildman–Crippen LogP) is 3.95. The predicted molar refractivity (Wildman–Crippen MR) is 111 cm³/mol. The summed E-state index contributed by atoms with van der Waals surface area (Å²) in [6, 6.07) is 16.8. The number of ether oxygens (including phenoxy) is 1. The first-order valence-corrected chi connectivity index (χ1v) is 9.68. The Morgan fingerprint density at radius 2 is 1.93 bits per heavy atom. The van der Waals surface area contributed by atoms with Gasteiger partial charge in [0.2, 0.25) is 0 Å². The molecule has 0 radical (unpaired) electrons. The van der Waals surface area contributed by atoms with E-state index in [9.17, 15) is 9.18 Å². The second kappa shape index (κ2) is 9.70. The first kappa shape index (κ1) is 21.1. The quantitative estimate of drug-likeness (QED) is 0.614. The van der Waals surface area contributed by atoms with Crippen LogP contribution < -0.4 is 4.74 Å². The van der Waals surface area contributed by atoms with Crippen molar-refractivity contribution in [2.75, 3.05) is 13.6 Å². The Balaban J connectivity index is 1.46. The number of rotatable bonds is 8. The van der Waals surface area contributed by atoms with Gasteiger partial charge >= 0.3 is 0 Å². The largest absolute Gasteiger partial charge is 0.481 e. The summed E-state index contributed by atoms with van der Waals surface area (Å²) in [5.74, 6) is 0.157. The number of carbonyl (C=O) groups is 1. The lowest BCUT2D eigenvalue weighted by atomic mass is 10.1. The van der Waals surface area contributed by atoms with E-state index in [-0.39, 0.29) is 11.7 Å². The normalized spacial score (nSPS) is 11.5. The van der Waals surface area contributed by atoms with Crippen LogP contribution in [0.3, 0.4) is 0 Å². The van der Waals surface area contributed by atoms with Crippen molar-refractivity contribution >= 4 is 5.91 Å². The molecule has 30 heavy (non-hydrogen) atoms. The molecule has 1 aromatic heterocycles. The number of H-pyrrole nitrogens is 1. The van der Waals surface area contributed by atoms with E-state index in [0.29, 0.717) is 17.9 Å². The van der Waals surface area contributed by atoms with Gasteiger partial charge in [0.05, 0.1) is 17.3 Å². The number of aryl methyl sites for hydroxylation is 1. The Kier molecular flexibility index (Phi) is 6.81. The maximum Gasteiger partial charge on any atom is 0.263 e. The summed E-state index contributed by atoms with van der Waals surface area (Å²) in [5, 5.41) is 16.1. The van der Waals surface area contributed by atoms with Crippen molar-refractivity contribution in [1.82, 2.24) is 15.1 Å². The second-order valence-corrected chi connectivity index (χ2v) is 7.04. The summed E-state index contributed by atoms with van der Waals surface area (Å²) in [4.78, 5) is 14.2. The molecule has 154 valence electrons. The molecule has 3 rings (SSSR count). The van der Waals surface area contributed by atoms with Crippen LogP contribution in [0.25, 0.3) is 11.3 Å². The molecule has 1 heterocycles. The zero-order valence-corrected chi connectivity index (χ0v) is 16.9. The molecule has 1 N–H and O–H groups in total. The minimum absolute atomic E-state index is 0.115. The smallest absolute Gasteiger partial charge is 0.263 e. The minimum atomic E-state index is -0.625. The van der Waals surface area contributed by atoms with Gasteiger partial charge in [-0.3, -0.25) is 9.89 Å². The first-order chi connectivity index (χ1) is 14.5. The standard InChI is InChI=1S/C23H23FN4O2/c1-16(30-21-11-5-17(15-25)6-12-21)23(29)28(2)13-3-4-20-14-22(27-26-20)18-7-9-19(24)10-8-18/h5-12,14,16H,3-4,13H2,1-2H3,(H,26,27). The number of halogens is 1. The highest BCUT2D eigenvalue weighted by molar-refractivity contribution is 5.80. The number of hydrogen-bond donors (Lipinski definition) is 1. The lowest BCUT2D eigenvalue weighted by Gasteiger charge is -2.22. The van der Waals surface area contributed by atoms with Gasteiger partial charge in [-0.15, -0.1) is 0 Å². The molecule has 0 bridgehead atoms. The molecule has 2 aromatic carbocycles. The van der Waals surface area contributed by atoms with Gasteiger partial charge in [-0.2, -0.15) is 10.4 Å². The third kappa shape index (κ3) is 5.45. The topological polar surface area (TPSA) is 82.0 Å². The average Bonchev–Trinajstić information content (AvgIpc) is 3.23. The second-order valence-electron chi connectivity index (χ2n) is 7.04. The summed E-state index contributed by atoms with van der Waals surface area (Å²) >= 11 is 0. The highest BCUT2D eigenvalue weighted by Gasteiger charge is 2.19. The van der Waals surface area contributed by atoms with Crippen LogP contribution in [0, 0.1) is 17.1 Å². The van der Waals surface area contributed by atoms with Gasteiger partial charge in [0.1, 0.15) is 11.6 Å². The highest BCUT2D eigenvalue weighted by atomic mass is 19.1. The lowest BCUT2D eigenvalue weighted by Crippen LogP contribution is -2.38. The molecule has 3 aromatic rings. The molecule has 0 aliphatic rings. The SMILES string of the molecule is CC(Oc1ccc(C#N)cc1)C(=O)N(C)CCCc1cc(-c2ccc(F)cc2)n[nH]1. The Morgan fingerprint density at radius 3 is 2.60 bits per heavy atom. The molecule has 1 amide bonds. The average molecular weight is 406 g/mol. The van der Waals surface area contributed by atoms with Crippen LogP contribution in [0.15, 0.2) is 54.6 Å². The van der Waals surface area contributed by atoms with Crippen molar-refractivity contribution < 1.29 is 13.9 Å². The molecule has 1 atom stereocenters. The van der Waals surface area contributed by atoms with E-state index < -0.39 is 6.10 Å². The number of hydrogen-bond acceptors (Lipinski definition) is 4. The molecule has 7 heteroatoms. The molecule has 1 unspecified atom stereocenters. The van der Waals surface area contributed by atoms with E-state index in [1.807, 2.05) is 12.1 Å². The van der Waals surface area contributed by atoms with Gasteiger partial charge in [-0.05, 0) is 74.4 Å². The number of aromatic nitrogens is 2. The Labute approximate surface area is 174 Å². The molecular weight excluding hydrogens is 383 g/mol. The summed E-state index contributed by atoms with van der Waals surface area (Å²) in [6.45, 7) is 2.28. The van der Waals surface area contributed by atoms with Crippen LogP contribution in [0.1, 0.15) is 24.6 Å². The van der Waals surface area contributed by atoms with Crippen molar-refractivity contribution in [3.63, 3.8) is 0 Å². The first-order valence-electron chi connectivity index (χ1n) is 9.68. The Bertz CT molecular complexity index is 1020. The zero-order chi connectivity index (χ0) is 21.5. The zero-order valence-electron chi connectivity index (χ0n) is 16.9. The molecule has 0 saturated heterocycles. The van der Waals surface area contributed by atoms with Crippen LogP contribution in [0.5, 0.6) is 5.75 Å². The number of aromatic amines is 1. The van der Waals surface area contributed by atoms with Crippen molar-refractivity contribution in [2.24, 2.45) is 0 Å². The van der Waals surface area contributed by atoms with Gasteiger partial charge in [0.15, 0.2) is 6.10 Å². The number of benzene rings is 2. The monoisotopic (exact) mass is 406 g/mol. The third-order valence-corrected chi connectivity index (χ3v) is 4.73. The molecule has 6 nitrogen and oxygen atoms in total. The highest BCUT2D eigenvalue weighted by Crippen LogP contribution is 2.19. The molecule has 0 aliphatic heterocycles. The van der Waals surface area contributed by atoms with E-state index >= 15 is 0 Å². The number of carbonyl (C=O) groups excluding carboxylic acids is 1. The van der Waals surface area contributed by atoms with Gasteiger partial charge in [-0.25, -0.2) is 4.39 Å². The van der Waals surface area contributed by atoms with Gasteiger partial charge in [-0.1, -0.05) is 0 Å². The van der Waals surface area contributed by atoms with E-state index in [0.717, 1.165) is 29.8 Å². The molecule has 0 saturated carbocycles. The molecule has 0 fully saturated rings. The summed E-state index contributed by atoms with van der Waals surface area (Å²) in [7, 11) is 1.75. The van der Waals surface area contributed by atoms with Crippen molar-refractivity contribution in [2.45, 2.75) is 25.9 Å². The van der Waals surface area contributed by atoms with E-state index in [1.165, 1.54) is 12.1 Å². The molecule has 0 aliphatic carbocycles. The fraction of sp³-hybridized carbons (Fsp3) is 0.261. The Morgan fingerprint density at radius 1 is 1.23 bits per heavy atom. The number of nitrogens with one attached hydrogen (secondary N) is 1. The van der Waals surface area contributed by atoms with Gasteiger partial charge < -0.3 is 9.64 Å². The molecule has 0 spiro atoms. The van der Waals surface area contributed by atoms with Crippen LogP contribution >= 0.6 is 0 Å². The lowest BCUT2D eigenvalue weighted by molar-refractivity contribution is -0.136. The molecular formula is C23H23FN4O2. The van der Waals surface area contributed by atoms with Crippen LogP contribution in [0.4, 0.5) is 4.39 Å². The van der Waals surface area contributed by atoms with Crippen LogP contribution in [-0.2, 0) is 11.2 Å². The van der Waals surface area contributed by atoms with E-state index in [1.54, 1.807) is 55.3 Å². The summed E-state index contributed by atoms with van der Waals surface area (Å²) in [6.07, 6.45) is 0.869.